The number of benzene rings is 1. The first-order valence-corrected chi connectivity index (χ1v) is 9.18. The van der Waals surface area contributed by atoms with E-state index in [4.69, 9.17) is 4.74 Å². The molecule has 6 heteroatoms. The van der Waals surface area contributed by atoms with Crippen LogP contribution in [-0.4, -0.2) is 30.2 Å². The van der Waals surface area contributed by atoms with Gasteiger partial charge in [-0.2, -0.15) is 0 Å². The molecule has 0 saturated carbocycles. The Kier molecular flexibility index (Phi) is 5.35. The zero-order valence-electron chi connectivity index (χ0n) is 14.0. The van der Waals surface area contributed by atoms with Crippen LogP contribution in [-0.2, 0) is 12.8 Å². The molecule has 3 rings (SSSR count). The normalized spacial score (nSPS) is 17.0. The number of nitrogens with zero attached hydrogens (tertiary/aromatic N) is 1. The maximum absolute atomic E-state index is 12.1. The number of urea groups is 1. The highest BCUT2D eigenvalue weighted by Gasteiger charge is 2.29. The Morgan fingerprint density at radius 3 is 3.08 bits per heavy atom. The van der Waals surface area contributed by atoms with Crippen LogP contribution >= 0.6 is 11.3 Å². The summed E-state index contributed by atoms with van der Waals surface area (Å²) < 4.78 is 5.69. The van der Waals surface area contributed by atoms with Gasteiger partial charge in [-0.15, -0.1) is 11.3 Å². The predicted molar refractivity (Wildman–Crippen MR) is 95.9 cm³/mol. The molecule has 5 nitrogen and oxygen atoms in total. The summed E-state index contributed by atoms with van der Waals surface area (Å²) in [5.41, 5.74) is 1.17. The Morgan fingerprint density at radius 2 is 2.29 bits per heavy atom. The Labute approximate surface area is 146 Å². The Morgan fingerprint density at radius 1 is 1.46 bits per heavy atom. The number of hydrogen-bond donors (Lipinski definition) is 2. The van der Waals surface area contributed by atoms with Crippen molar-refractivity contribution in [2.24, 2.45) is 0 Å². The van der Waals surface area contributed by atoms with E-state index in [-0.39, 0.29) is 18.0 Å². The summed E-state index contributed by atoms with van der Waals surface area (Å²) in [6.07, 6.45) is 3.69. The van der Waals surface area contributed by atoms with E-state index < -0.39 is 0 Å². The van der Waals surface area contributed by atoms with Crippen LogP contribution < -0.4 is 15.4 Å². The number of carbonyl (C=O) groups excluding carboxylic acids is 1. The molecule has 0 aliphatic carbocycles. The van der Waals surface area contributed by atoms with Gasteiger partial charge in [-0.3, -0.25) is 0 Å². The lowest BCUT2D eigenvalue weighted by Gasteiger charge is -2.20. The molecule has 2 atom stereocenters. The monoisotopic (exact) mass is 345 g/mol. The number of hydrogen-bond acceptors (Lipinski definition) is 4. The molecule has 0 unspecified atom stereocenters. The molecule has 0 radical (unpaired) electrons. The molecule has 2 amide bonds. The SMILES string of the molecule is CCc1cnc(CCNC(=O)N[C@H](C)[C@@H]2COc3ccccc32)s1. The number of aryl methyl sites for hydroxylation is 1. The van der Waals surface area contributed by atoms with Gasteiger partial charge >= 0.3 is 6.03 Å². The van der Waals surface area contributed by atoms with Gasteiger partial charge in [0.05, 0.1) is 11.6 Å². The lowest BCUT2D eigenvalue weighted by Crippen LogP contribution is -2.44. The molecule has 1 aromatic carbocycles. The minimum atomic E-state index is -0.140. The van der Waals surface area contributed by atoms with Crippen molar-refractivity contribution in [1.29, 1.82) is 0 Å². The van der Waals surface area contributed by atoms with Crippen molar-refractivity contribution >= 4 is 17.4 Å². The van der Waals surface area contributed by atoms with E-state index >= 15 is 0 Å². The van der Waals surface area contributed by atoms with Crippen LogP contribution in [0.25, 0.3) is 0 Å². The Bertz CT molecular complexity index is 701. The highest BCUT2D eigenvalue weighted by molar-refractivity contribution is 7.11. The van der Waals surface area contributed by atoms with E-state index in [0.29, 0.717) is 13.2 Å². The van der Waals surface area contributed by atoms with Crippen molar-refractivity contribution in [1.82, 2.24) is 15.6 Å². The average Bonchev–Trinajstić information content (AvgIpc) is 3.21. The number of ether oxygens (including phenoxy) is 1. The molecule has 0 bridgehead atoms. The molecule has 2 N–H and O–H groups in total. The van der Waals surface area contributed by atoms with Crippen molar-refractivity contribution < 1.29 is 9.53 Å². The third-order valence-electron chi connectivity index (χ3n) is 4.27. The quantitative estimate of drug-likeness (QED) is 0.845. The van der Waals surface area contributed by atoms with E-state index in [1.165, 1.54) is 10.4 Å². The first kappa shape index (κ1) is 16.8. The van der Waals surface area contributed by atoms with Gasteiger partial charge in [0.25, 0.3) is 0 Å². The first-order valence-electron chi connectivity index (χ1n) is 8.37. The molecule has 2 heterocycles. The largest absolute Gasteiger partial charge is 0.493 e. The van der Waals surface area contributed by atoms with Gasteiger partial charge in [0.1, 0.15) is 5.75 Å². The molecular formula is C18H23N3O2S. The Balaban J connectivity index is 1.45. The smallest absolute Gasteiger partial charge is 0.315 e. The highest BCUT2D eigenvalue weighted by atomic mass is 32.1. The number of fused-ring (bicyclic) bond motifs is 1. The third-order valence-corrected chi connectivity index (χ3v) is 5.47. The van der Waals surface area contributed by atoms with Crippen LogP contribution in [0.5, 0.6) is 5.75 Å². The van der Waals surface area contributed by atoms with Crippen molar-refractivity contribution in [2.45, 2.75) is 38.6 Å². The zero-order valence-corrected chi connectivity index (χ0v) is 14.9. The van der Waals surface area contributed by atoms with Crippen LogP contribution in [0.1, 0.15) is 35.2 Å². The molecule has 2 aromatic rings. The fourth-order valence-electron chi connectivity index (χ4n) is 2.87. The number of carbonyl (C=O) groups is 1. The summed E-state index contributed by atoms with van der Waals surface area (Å²) in [6, 6.07) is 7.89. The lowest BCUT2D eigenvalue weighted by atomic mass is 9.94. The summed E-state index contributed by atoms with van der Waals surface area (Å²) in [5, 5.41) is 7.00. The summed E-state index contributed by atoms with van der Waals surface area (Å²) in [7, 11) is 0. The topological polar surface area (TPSA) is 63.2 Å². The van der Waals surface area contributed by atoms with E-state index in [0.717, 1.165) is 23.6 Å². The molecule has 0 saturated heterocycles. The fraction of sp³-hybridized carbons (Fsp3) is 0.444. The maximum atomic E-state index is 12.1. The summed E-state index contributed by atoms with van der Waals surface area (Å²) in [5.74, 6) is 1.12. The summed E-state index contributed by atoms with van der Waals surface area (Å²) in [6.45, 7) is 5.34. The summed E-state index contributed by atoms with van der Waals surface area (Å²) >= 11 is 1.71. The number of thiazole rings is 1. The van der Waals surface area contributed by atoms with Gasteiger partial charge in [0.2, 0.25) is 0 Å². The van der Waals surface area contributed by atoms with E-state index in [1.807, 2.05) is 31.3 Å². The van der Waals surface area contributed by atoms with Crippen molar-refractivity contribution in [3.63, 3.8) is 0 Å². The average molecular weight is 345 g/mol. The van der Waals surface area contributed by atoms with Gasteiger partial charge in [-0.1, -0.05) is 25.1 Å². The molecule has 1 aliphatic rings. The van der Waals surface area contributed by atoms with Crippen molar-refractivity contribution in [3.8, 4) is 5.75 Å². The van der Waals surface area contributed by atoms with E-state index in [1.54, 1.807) is 11.3 Å². The summed E-state index contributed by atoms with van der Waals surface area (Å²) in [4.78, 5) is 17.7. The molecule has 0 fully saturated rings. The lowest BCUT2D eigenvalue weighted by molar-refractivity contribution is 0.233. The van der Waals surface area contributed by atoms with Gasteiger partial charge < -0.3 is 15.4 Å². The first-order chi connectivity index (χ1) is 11.7. The Hall–Kier alpha value is -2.08. The number of aromatic nitrogens is 1. The molecule has 1 aromatic heterocycles. The van der Waals surface area contributed by atoms with Crippen LogP contribution in [0, 0.1) is 0 Å². The van der Waals surface area contributed by atoms with Crippen LogP contribution in [0.3, 0.4) is 0 Å². The van der Waals surface area contributed by atoms with Gasteiger partial charge in [0.15, 0.2) is 0 Å². The second kappa shape index (κ2) is 7.66. The minimum absolute atomic E-state index is 0.0141. The van der Waals surface area contributed by atoms with Crippen LogP contribution in [0.15, 0.2) is 30.5 Å². The van der Waals surface area contributed by atoms with Crippen molar-refractivity contribution in [2.75, 3.05) is 13.2 Å². The van der Waals surface area contributed by atoms with Gasteiger partial charge in [-0.25, -0.2) is 9.78 Å². The third kappa shape index (κ3) is 3.87. The highest BCUT2D eigenvalue weighted by Crippen LogP contribution is 2.35. The zero-order chi connectivity index (χ0) is 16.9. The van der Waals surface area contributed by atoms with Crippen molar-refractivity contribution in [3.05, 3.63) is 45.9 Å². The molecule has 24 heavy (non-hydrogen) atoms. The second-order valence-electron chi connectivity index (χ2n) is 5.97. The number of rotatable bonds is 6. The van der Waals surface area contributed by atoms with Gasteiger partial charge in [0, 0.05) is 41.6 Å². The number of amides is 2. The van der Waals surface area contributed by atoms with Crippen LogP contribution in [0.4, 0.5) is 4.79 Å². The van der Waals surface area contributed by atoms with E-state index in [2.05, 4.69) is 28.6 Å². The van der Waals surface area contributed by atoms with E-state index in [9.17, 15) is 4.79 Å². The minimum Gasteiger partial charge on any atom is -0.493 e. The predicted octanol–water partition coefficient (Wildman–Crippen LogP) is 3.11. The van der Waals surface area contributed by atoms with Crippen LogP contribution in [0.2, 0.25) is 0 Å². The fourth-order valence-corrected chi connectivity index (χ4v) is 3.73. The standard InChI is InChI=1S/C18H23N3O2S/c1-3-13-10-20-17(24-13)8-9-19-18(22)21-12(2)15-11-23-16-7-5-4-6-14(15)16/h4-7,10,12,15H,3,8-9,11H2,1-2H3,(H2,19,21,22)/t12-,15+/m1/s1. The molecule has 128 valence electrons. The molecule has 1 aliphatic heterocycles. The number of nitrogens with one attached hydrogen (secondary N) is 2. The molecule has 0 spiro atoms. The maximum Gasteiger partial charge on any atom is 0.315 e. The second-order valence-corrected chi connectivity index (χ2v) is 7.17. The number of para-hydroxylation sites is 1. The molecular weight excluding hydrogens is 322 g/mol. The van der Waals surface area contributed by atoms with Gasteiger partial charge in [-0.05, 0) is 19.4 Å².